The minimum atomic E-state index is -0.613. The number of rotatable bonds is 9. The number of amides is 2. The number of nitrogens with one attached hydrogen (secondary N) is 2. The Kier molecular flexibility index (Phi) is 8.49. The molecule has 0 saturated heterocycles. The normalized spacial score (nSPS) is 11.6. The van der Waals surface area contributed by atoms with Crippen LogP contribution in [0.2, 0.25) is 10.0 Å². The molecule has 2 amide bonds. The first kappa shape index (κ1) is 24.8. The Bertz CT molecular complexity index is 1190. The third kappa shape index (κ3) is 6.34. The molecule has 1 aromatic heterocycles. The molecule has 0 aliphatic rings. The van der Waals surface area contributed by atoms with Crippen molar-refractivity contribution in [1.29, 1.82) is 0 Å². The highest BCUT2D eigenvalue weighted by Gasteiger charge is 2.21. The van der Waals surface area contributed by atoms with Crippen molar-refractivity contribution in [3.05, 3.63) is 82.4 Å². The van der Waals surface area contributed by atoms with E-state index in [0.717, 1.165) is 0 Å². The van der Waals surface area contributed by atoms with Crippen LogP contribution in [-0.4, -0.2) is 32.3 Å². The maximum absolute atomic E-state index is 13.9. The second-order valence-electron chi connectivity index (χ2n) is 6.88. The molecule has 172 valence electrons. The Morgan fingerprint density at radius 1 is 1.24 bits per heavy atom. The Hall–Kier alpha value is -2.88. The number of thioether (sulfide) groups is 1. The lowest BCUT2D eigenvalue weighted by Crippen LogP contribution is -2.29. The molecule has 11 heteroatoms. The van der Waals surface area contributed by atoms with E-state index in [2.05, 4.69) is 27.4 Å². The highest BCUT2D eigenvalue weighted by molar-refractivity contribution is 7.99. The fourth-order valence-electron chi connectivity index (χ4n) is 2.92. The average molecular weight is 508 g/mol. The van der Waals surface area contributed by atoms with Gasteiger partial charge < -0.3 is 15.2 Å². The standard InChI is InChI=1S/C22H20Cl2FN5O2S/c1-3-10-30-20(13(2)26-21(32)15-6-4-5-7-17(15)25)28-29-22(30)33-12-19(31)27-18-9-8-14(23)11-16(18)24/h3-9,11,13H,1,10,12H2,2H3,(H,26,32)(H,27,31)/t13-/m0/s1. The van der Waals surface area contributed by atoms with Gasteiger partial charge in [0, 0.05) is 11.6 Å². The summed E-state index contributed by atoms with van der Waals surface area (Å²) in [6.07, 6.45) is 1.65. The van der Waals surface area contributed by atoms with Gasteiger partial charge in [-0.3, -0.25) is 9.59 Å². The number of aromatic nitrogens is 3. The summed E-state index contributed by atoms with van der Waals surface area (Å²) < 4.78 is 15.6. The third-order valence-electron chi connectivity index (χ3n) is 4.45. The number of hydrogen-bond donors (Lipinski definition) is 2. The monoisotopic (exact) mass is 507 g/mol. The SMILES string of the molecule is C=CCn1c(SCC(=O)Nc2ccc(Cl)cc2Cl)nnc1[C@H](C)NC(=O)c1ccccc1F. The Morgan fingerprint density at radius 3 is 2.70 bits per heavy atom. The number of hydrogen-bond acceptors (Lipinski definition) is 5. The van der Waals surface area contributed by atoms with Crippen LogP contribution in [0.1, 0.15) is 29.1 Å². The molecule has 2 aromatic carbocycles. The molecule has 3 rings (SSSR count). The van der Waals surface area contributed by atoms with Crippen LogP contribution >= 0.6 is 35.0 Å². The summed E-state index contributed by atoms with van der Waals surface area (Å²) in [5.41, 5.74) is 0.385. The summed E-state index contributed by atoms with van der Waals surface area (Å²) in [6, 6.07) is 9.92. The fraction of sp³-hybridized carbons (Fsp3) is 0.182. The minimum absolute atomic E-state index is 0.0458. The maximum atomic E-state index is 13.9. The fourth-order valence-corrected chi connectivity index (χ4v) is 4.13. The highest BCUT2D eigenvalue weighted by Crippen LogP contribution is 2.26. The number of allylic oxidation sites excluding steroid dienone is 1. The number of halogens is 3. The van der Waals surface area contributed by atoms with E-state index in [0.29, 0.717) is 33.3 Å². The zero-order valence-corrected chi connectivity index (χ0v) is 19.8. The van der Waals surface area contributed by atoms with E-state index in [1.807, 2.05) is 0 Å². The molecule has 1 heterocycles. The lowest BCUT2D eigenvalue weighted by molar-refractivity contribution is -0.113. The predicted octanol–water partition coefficient (Wildman–Crippen LogP) is 5.13. The van der Waals surface area contributed by atoms with Crippen LogP contribution in [-0.2, 0) is 11.3 Å². The van der Waals surface area contributed by atoms with E-state index in [4.69, 9.17) is 23.2 Å². The van der Waals surface area contributed by atoms with Crippen LogP contribution in [0.15, 0.2) is 60.3 Å². The van der Waals surface area contributed by atoms with E-state index in [1.54, 1.807) is 35.8 Å². The Balaban J connectivity index is 1.68. The van der Waals surface area contributed by atoms with Crippen molar-refractivity contribution in [2.75, 3.05) is 11.1 Å². The van der Waals surface area contributed by atoms with Gasteiger partial charge in [-0.05, 0) is 37.3 Å². The van der Waals surface area contributed by atoms with E-state index in [9.17, 15) is 14.0 Å². The number of carbonyl (C=O) groups excluding carboxylic acids is 2. The van der Waals surface area contributed by atoms with Crippen molar-refractivity contribution in [2.24, 2.45) is 0 Å². The Labute approximate surface area is 204 Å². The number of carbonyl (C=O) groups is 2. The van der Waals surface area contributed by atoms with Crippen LogP contribution in [0.25, 0.3) is 0 Å². The molecule has 0 spiro atoms. The molecular formula is C22H20Cl2FN5O2S. The molecule has 0 bridgehead atoms. The van der Waals surface area contributed by atoms with Crippen molar-refractivity contribution in [2.45, 2.75) is 24.7 Å². The van der Waals surface area contributed by atoms with Gasteiger partial charge in [-0.25, -0.2) is 4.39 Å². The maximum Gasteiger partial charge on any atom is 0.254 e. The summed E-state index contributed by atoms with van der Waals surface area (Å²) in [4.78, 5) is 24.8. The van der Waals surface area contributed by atoms with Crippen LogP contribution < -0.4 is 10.6 Å². The highest BCUT2D eigenvalue weighted by atomic mass is 35.5. The van der Waals surface area contributed by atoms with Crippen LogP contribution in [0.4, 0.5) is 10.1 Å². The quantitative estimate of drug-likeness (QED) is 0.309. The van der Waals surface area contributed by atoms with Gasteiger partial charge in [-0.1, -0.05) is 53.2 Å². The van der Waals surface area contributed by atoms with Gasteiger partial charge in [-0.2, -0.15) is 0 Å². The first-order valence-electron chi connectivity index (χ1n) is 9.77. The van der Waals surface area contributed by atoms with E-state index >= 15 is 0 Å². The lowest BCUT2D eigenvalue weighted by Gasteiger charge is -2.15. The van der Waals surface area contributed by atoms with Crippen molar-refractivity contribution in [1.82, 2.24) is 20.1 Å². The molecule has 0 aliphatic carbocycles. The van der Waals surface area contributed by atoms with Gasteiger partial charge in [0.15, 0.2) is 11.0 Å². The molecule has 0 saturated carbocycles. The molecule has 3 aromatic rings. The second kappa shape index (κ2) is 11.3. The number of nitrogens with zero attached hydrogens (tertiary/aromatic N) is 3. The summed E-state index contributed by atoms with van der Waals surface area (Å²) >= 11 is 13.1. The van der Waals surface area contributed by atoms with Gasteiger partial charge in [0.2, 0.25) is 5.91 Å². The summed E-state index contributed by atoms with van der Waals surface area (Å²) in [5, 5.41) is 15.0. The largest absolute Gasteiger partial charge is 0.342 e. The van der Waals surface area contributed by atoms with Crippen molar-refractivity contribution in [3.8, 4) is 0 Å². The second-order valence-corrected chi connectivity index (χ2v) is 8.66. The average Bonchev–Trinajstić information content (AvgIpc) is 3.17. The van der Waals surface area contributed by atoms with Gasteiger partial charge >= 0.3 is 0 Å². The lowest BCUT2D eigenvalue weighted by atomic mass is 10.2. The summed E-state index contributed by atoms with van der Waals surface area (Å²) in [7, 11) is 0. The molecule has 0 unspecified atom stereocenters. The first-order chi connectivity index (χ1) is 15.8. The van der Waals surface area contributed by atoms with Crippen LogP contribution in [0, 0.1) is 5.82 Å². The van der Waals surface area contributed by atoms with Crippen molar-refractivity contribution < 1.29 is 14.0 Å². The zero-order chi connectivity index (χ0) is 24.0. The van der Waals surface area contributed by atoms with Crippen molar-refractivity contribution in [3.63, 3.8) is 0 Å². The van der Waals surface area contributed by atoms with E-state index < -0.39 is 17.8 Å². The third-order valence-corrected chi connectivity index (χ3v) is 5.96. The topological polar surface area (TPSA) is 88.9 Å². The molecule has 0 aliphatic heterocycles. The van der Waals surface area contributed by atoms with E-state index in [1.165, 1.54) is 36.0 Å². The molecule has 1 atom stereocenters. The molecule has 33 heavy (non-hydrogen) atoms. The zero-order valence-electron chi connectivity index (χ0n) is 17.5. The van der Waals surface area contributed by atoms with Crippen LogP contribution in [0.3, 0.4) is 0 Å². The number of benzene rings is 2. The molecule has 7 nitrogen and oxygen atoms in total. The van der Waals surface area contributed by atoms with Crippen LogP contribution in [0.5, 0.6) is 0 Å². The number of anilines is 1. The van der Waals surface area contributed by atoms with Gasteiger partial charge in [0.1, 0.15) is 5.82 Å². The van der Waals surface area contributed by atoms with Gasteiger partial charge in [0.05, 0.1) is 28.1 Å². The predicted molar refractivity (Wildman–Crippen MR) is 128 cm³/mol. The molecular weight excluding hydrogens is 488 g/mol. The van der Waals surface area contributed by atoms with Gasteiger partial charge in [0.25, 0.3) is 5.91 Å². The van der Waals surface area contributed by atoms with E-state index in [-0.39, 0.29) is 17.2 Å². The summed E-state index contributed by atoms with van der Waals surface area (Å²) in [5.74, 6) is -0.979. The molecule has 2 N–H and O–H groups in total. The van der Waals surface area contributed by atoms with Crippen molar-refractivity contribution >= 4 is 52.5 Å². The molecule has 0 fully saturated rings. The molecule has 0 radical (unpaired) electrons. The smallest absolute Gasteiger partial charge is 0.254 e. The minimum Gasteiger partial charge on any atom is -0.342 e. The first-order valence-corrected chi connectivity index (χ1v) is 11.5. The Morgan fingerprint density at radius 2 is 2.00 bits per heavy atom. The summed E-state index contributed by atoms with van der Waals surface area (Å²) in [6.45, 7) is 5.81. The van der Waals surface area contributed by atoms with Gasteiger partial charge in [-0.15, -0.1) is 16.8 Å².